The average Bonchev–Trinajstić information content (AvgIpc) is 2.97. The summed E-state index contributed by atoms with van der Waals surface area (Å²) in [7, 11) is 0. The van der Waals surface area contributed by atoms with Gasteiger partial charge in [0.25, 0.3) is 0 Å². The van der Waals surface area contributed by atoms with E-state index < -0.39 is 0 Å². The minimum Gasteiger partial charge on any atom is -0.278 e. The molecule has 0 spiro atoms. The lowest BCUT2D eigenvalue weighted by molar-refractivity contribution is 0.220. The number of hydrogen-bond donors (Lipinski definition) is 0. The molecule has 18 heavy (non-hydrogen) atoms. The quantitative estimate of drug-likeness (QED) is 0.845. The molecule has 0 radical (unpaired) electrons. The Kier molecular flexibility index (Phi) is 3.16. The summed E-state index contributed by atoms with van der Waals surface area (Å²) >= 11 is 3.42. The number of fused-ring (bicyclic) bond motifs is 1. The summed E-state index contributed by atoms with van der Waals surface area (Å²) in [4.78, 5) is 9.27. The Bertz CT molecular complexity index is 580. The third kappa shape index (κ3) is 2.07. The molecule has 1 aliphatic rings. The molecule has 0 N–H and O–H groups in total. The zero-order chi connectivity index (χ0) is 12.5. The highest BCUT2D eigenvalue weighted by Gasteiger charge is 2.27. The van der Waals surface area contributed by atoms with Crippen molar-refractivity contribution in [1.29, 1.82) is 5.26 Å². The summed E-state index contributed by atoms with van der Waals surface area (Å²) in [6.45, 7) is 3.83. The van der Waals surface area contributed by atoms with Crippen molar-refractivity contribution >= 4 is 22.7 Å². The predicted molar refractivity (Wildman–Crippen MR) is 73.6 cm³/mol. The first-order valence-corrected chi connectivity index (χ1v) is 7.60. The lowest BCUT2D eigenvalue weighted by Gasteiger charge is -2.29. The van der Waals surface area contributed by atoms with E-state index in [1.165, 1.54) is 10.6 Å². The second kappa shape index (κ2) is 4.81. The van der Waals surface area contributed by atoms with Gasteiger partial charge in [-0.25, -0.2) is 4.98 Å². The van der Waals surface area contributed by atoms with Gasteiger partial charge in [-0.3, -0.25) is 4.90 Å². The van der Waals surface area contributed by atoms with E-state index >= 15 is 0 Å². The van der Waals surface area contributed by atoms with Crippen LogP contribution in [0.15, 0.2) is 17.5 Å². The molecule has 92 valence electrons. The number of hydrogen-bond acceptors (Lipinski definition) is 5. The van der Waals surface area contributed by atoms with Crippen LogP contribution in [-0.4, -0.2) is 16.4 Å². The normalized spacial score (nSPS) is 17.1. The van der Waals surface area contributed by atoms with Crippen LogP contribution in [0.4, 0.5) is 0 Å². The number of thiophene rings is 1. The van der Waals surface area contributed by atoms with E-state index in [1.54, 1.807) is 22.7 Å². The highest BCUT2D eigenvalue weighted by molar-refractivity contribution is 7.11. The summed E-state index contributed by atoms with van der Waals surface area (Å²) in [5, 5.41) is 12.6. The Balaban J connectivity index is 1.85. The smallest absolute Gasteiger partial charge is 0.133 e. The van der Waals surface area contributed by atoms with E-state index in [9.17, 15) is 5.26 Å². The van der Waals surface area contributed by atoms with Gasteiger partial charge in [-0.1, -0.05) is 6.07 Å². The molecular weight excluding hydrogens is 262 g/mol. The second-order valence-corrected chi connectivity index (χ2v) is 6.64. The van der Waals surface area contributed by atoms with Gasteiger partial charge < -0.3 is 0 Å². The lowest BCUT2D eigenvalue weighted by atomic mass is 10.1. The van der Waals surface area contributed by atoms with Crippen molar-refractivity contribution in [3.05, 3.63) is 38.0 Å². The van der Waals surface area contributed by atoms with Gasteiger partial charge in [0.05, 0.1) is 16.8 Å². The molecule has 0 fully saturated rings. The van der Waals surface area contributed by atoms with Gasteiger partial charge in [-0.15, -0.1) is 22.7 Å². The maximum atomic E-state index is 9.41. The van der Waals surface area contributed by atoms with E-state index in [-0.39, 0.29) is 6.04 Å². The highest BCUT2D eigenvalue weighted by Crippen LogP contribution is 2.31. The van der Waals surface area contributed by atoms with Crippen molar-refractivity contribution in [2.45, 2.75) is 25.9 Å². The summed E-state index contributed by atoms with van der Waals surface area (Å²) in [6, 6.07) is 6.38. The van der Waals surface area contributed by atoms with Gasteiger partial charge in [0.2, 0.25) is 0 Å². The van der Waals surface area contributed by atoms with Crippen molar-refractivity contribution in [3.63, 3.8) is 0 Å². The van der Waals surface area contributed by atoms with Gasteiger partial charge in [-0.2, -0.15) is 5.26 Å². The van der Waals surface area contributed by atoms with E-state index in [0.29, 0.717) is 0 Å². The van der Waals surface area contributed by atoms with Crippen LogP contribution < -0.4 is 0 Å². The number of thiazole rings is 1. The number of aryl methyl sites for hydroxylation is 1. The number of aromatic nitrogens is 1. The fourth-order valence-corrected chi connectivity index (χ4v) is 4.15. The number of nitriles is 1. The zero-order valence-corrected chi connectivity index (χ0v) is 11.7. The van der Waals surface area contributed by atoms with E-state index in [2.05, 4.69) is 16.0 Å². The highest BCUT2D eigenvalue weighted by atomic mass is 32.1. The molecule has 1 atom stereocenters. The summed E-state index contributed by atoms with van der Waals surface area (Å²) in [5.41, 5.74) is 1.23. The summed E-state index contributed by atoms with van der Waals surface area (Å²) < 4.78 is 0. The SMILES string of the molecule is Cc1nc2c(s1)CN([C@@H](C#N)c1cccs1)CC2. The molecule has 5 heteroatoms. The first-order valence-electron chi connectivity index (χ1n) is 5.90. The van der Waals surface area contributed by atoms with Crippen LogP contribution in [0.3, 0.4) is 0 Å². The van der Waals surface area contributed by atoms with Crippen molar-refractivity contribution in [1.82, 2.24) is 9.88 Å². The molecule has 0 bridgehead atoms. The molecular formula is C13H13N3S2. The van der Waals surface area contributed by atoms with Crippen LogP contribution >= 0.6 is 22.7 Å². The topological polar surface area (TPSA) is 39.9 Å². The van der Waals surface area contributed by atoms with Gasteiger partial charge in [-0.05, 0) is 18.4 Å². The molecule has 3 nitrogen and oxygen atoms in total. The fraction of sp³-hybridized carbons (Fsp3) is 0.385. The lowest BCUT2D eigenvalue weighted by Crippen LogP contribution is -2.32. The zero-order valence-electron chi connectivity index (χ0n) is 10.1. The molecule has 0 unspecified atom stereocenters. The average molecular weight is 275 g/mol. The standard InChI is InChI=1S/C13H13N3S2/c1-9-15-10-4-5-16(8-13(10)18-9)11(7-14)12-3-2-6-17-12/h2-3,6,11H,4-5,8H2,1H3/t11-/m0/s1. The first-order chi connectivity index (χ1) is 8.78. The molecule has 1 aliphatic heterocycles. The van der Waals surface area contributed by atoms with Crippen LogP contribution in [0.1, 0.15) is 26.5 Å². The van der Waals surface area contributed by atoms with Crippen LogP contribution in [0.2, 0.25) is 0 Å². The van der Waals surface area contributed by atoms with Crippen LogP contribution in [0.25, 0.3) is 0 Å². The summed E-state index contributed by atoms with van der Waals surface area (Å²) in [5.74, 6) is 0. The Hall–Kier alpha value is -1.22. The molecule has 0 saturated heterocycles. The Morgan fingerprint density at radius 2 is 2.44 bits per heavy atom. The molecule has 0 aromatic carbocycles. The minimum atomic E-state index is -0.111. The molecule has 3 heterocycles. The van der Waals surface area contributed by atoms with Crippen LogP contribution in [0.5, 0.6) is 0 Å². The monoisotopic (exact) mass is 275 g/mol. The van der Waals surface area contributed by atoms with Crippen LogP contribution in [-0.2, 0) is 13.0 Å². The minimum absolute atomic E-state index is 0.111. The van der Waals surface area contributed by atoms with Crippen LogP contribution in [0, 0.1) is 18.3 Å². The van der Waals surface area contributed by atoms with Crippen molar-refractivity contribution in [2.24, 2.45) is 0 Å². The molecule has 2 aromatic rings. The Morgan fingerprint density at radius 3 is 3.17 bits per heavy atom. The fourth-order valence-electron chi connectivity index (χ4n) is 2.34. The van der Waals surface area contributed by atoms with Crippen molar-refractivity contribution < 1.29 is 0 Å². The third-order valence-corrected chi connectivity index (χ3v) is 5.09. The Labute approximate surface area is 114 Å². The largest absolute Gasteiger partial charge is 0.278 e. The molecule has 0 saturated carbocycles. The first kappa shape index (κ1) is 11.8. The van der Waals surface area contributed by atoms with Gasteiger partial charge in [0, 0.05) is 29.3 Å². The third-order valence-electron chi connectivity index (χ3n) is 3.17. The maximum absolute atomic E-state index is 9.41. The Morgan fingerprint density at radius 1 is 1.56 bits per heavy atom. The summed E-state index contributed by atoms with van der Waals surface area (Å²) in [6.07, 6.45) is 0.962. The van der Waals surface area contributed by atoms with Gasteiger partial charge >= 0.3 is 0 Å². The number of nitrogens with zero attached hydrogens (tertiary/aromatic N) is 3. The number of rotatable bonds is 2. The van der Waals surface area contributed by atoms with E-state index in [0.717, 1.165) is 29.4 Å². The maximum Gasteiger partial charge on any atom is 0.133 e. The van der Waals surface area contributed by atoms with Gasteiger partial charge in [0.1, 0.15) is 6.04 Å². The predicted octanol–water partition coefficient (Wildman–Crippen LogP) is 3.14. The van der Waals surface area contributed by atoms with Crippen molar-refractivity contribution in [3.8, 4) is 6.07 Å². The van der Waals surface area contributed by atoms with E-state index in [4.69, 9.17) is 0 Å². The molecule has 0 aliphatic carbocycles. The molecule has 3 rings (SSSR count). The second-order valence-electron chi connectivity index (χ2n) is 4.37. The molecule has 2 aromatic heterocycles. The van der Waals surface area contributed by atoms with E-state index in [1.807, 2.05) is 24.4 Å². The molecule has 0 amide bonds. The van der Waals surface area contributed by atoms with Gasteiger partial charge in [0.15, 0.2) is 0 Å². The van der Waals surface area contributed by atoms with Crippen molar-refractivity contribution in [2.75, 3.05) is 6.54 Å².